The third kappa shape index (κ3) is 5.48. The second kappa shape index (κ2) is 9.29. The molecular weight excluding hydrogens is 440 g/mol. The minimum absolute atomic E-state index is 0.00988. The smallest absolute Gasteiger partial charge is 0.387 e. The quantitative estimate of drug-likeness (QED) is 0.553. The molecule has 1 amide bonds. The molecule has 2 atom stereocenters. The van der Waals surface area contributed by atoms with E-state index < -0.39 is 21.7 Å². The number of carbonyl (C=O) groups is 1. The number of ether oxygens (including phenoxy) is 1. The Morgan fingerprint density at radius 2 is 2.03 bits per heavy atom. The first kappa shape index (κ1) is 22.5. The molecule has 2 heterocycles. The molecule has 164 valence electrons. The zero-order valence-corrected chi connectivity index (χ0v) is 18.0. The number of alkyl halides is 2. The molecule has 2 unspecified atom stereocenters. The van der Waals surface area contributed by atoms with Gasteiger partial charge in [-0.2, -0.15) is 8.78 Å². The minimum atomic E-state index is -3.10. The molecule has 0 spiro atoms. The Morgan fingerprint density at radius 1 is 1.33 bits per heavy atom. The Morgan fingerprint density at radius 3 is 2.60 bits per heavy atom. The molecule has 1 fully saturated rings. The van der Waals surface area contributed by atoms with Crippen LogP contribution in [0.5, 0.6) is 5.75 Å². The number of benzene rings is 1. The number of sulfone groups is 1. The zero-order valence-electron chi connectivity index (χ0n) is 16.3. The van der Waals surface area contributed by atoms with E-state index in [1.165, 1.54) is 24.3 Å². The first-order valence-corrected chi connectivity index (χ1v) is 11.9. The summed E-state index contributed by atoms with van der Waals surface area (Å²) in [6.45, 7) is 1.01. The average molecular weight is 462 g/mol. The van der Waals surface area contributed by atoms with Crippen LogP contribution in [0, 0.1) is 0 Å². The lowest BCUT2D eigenvalue weighted by Crippen LogP contribution is -2.44. The van der Waals surface area contributed by atoms with Crippen LogP contribution < -0.4 is 4.74 Å². The number of carbonyl (C=O) groups excluding carboxylic acids is 1. The SMILES string of the molecule is CCN(C(=O)C(C)Sc1nnc(-c2ccc(OC(F)F)cc2)o1)C1CCS(=O)(=O)C1. The molecule has 1 aromatic carbocycles. The van der Waals surface area contributed by atoms with Crippen molar-refractivity contribution in [2.24, 2.45) is 0 Å². The van der Waals surface area contributed by atoms with Crippen LogP contribution in [-0.4, -0.2) is 65.4 Å². The molecule has 0 aliphatic carbocycles. The van der Waals surface area contributed by atoms with Crippen LogP contribution in [0.2, 0.25) is 0 Å². The summed E-state index contributed by atoms with van der Waals surface area (Å²) in [4.78, 5) is 14.4. The van der Waals surface area contributed by atoms with Gasteiger partial charge in [-0.1, -0.05) is 11.8 Å². The Balaban J connectivity index is 1.64. The van der Waals surface area contributed by atoms with Crippen LogP contribution >= 0.6 is 11.8 Å². The Labute approximate surface area is 176 Å². The van der Waals surface area contributed by atoms with Gasteiger partial charge in [0.15, 0.2) is 9.84 Å². The highest BCUT2D eigenvalue weighted by Crippen LogP contribution is 2.29. The van der Waals surface area contributed by atoms with Crippen LogP contribution in [0.15, 0.2) is 33.9 Å². The average Bonchev–Trinajstić information content (AvgIpc) is 3.28. The van der Waals surface area contributed by atoms with Crippen molar-refractivity contribution in [3.05, 3.63) is 24.3 Å². The lowest BCUT2D eigenvalue weighted by atomic mass is 10.2. The van der Waals surface area contributed by atoms with Gasteiger partial charge in [0.2, 0.25) is 11.8 Å². The predicted molar refractivity (Wildman–Crippen MR) is 106 cm³/mol. The number of hydrogen-bond acceptors (Lipinski definition) is 8. The summed E-state index contributed by atoms with van der Waals surface area (Å²) >= 11 is 1.08. The number of hydrogen-bond donors (Lipinski definition) is 0. The number of halogens is 2. The van der Waals surface area contributed by atoms with Gasteiger partial charge in [0, 0.05) is 18.2 Å². The van der Waals surface area contributed by atoms with E-state index >= 15 is 0 Å². The van der Waals surface area contributed by atoms with E-state index in [0.717, 1.165) is 11.8 Å². The number of aromatic nitrogens is 2. The second-order valence-corrected chi connectivity index (χ2v) is 10.2. The topological polar surface area (TPSA) is 103 Å². The normalized spacial score (nSPS) is 19.0. The lowest BCUT2D eigenvalue weighted by molar-refractivity contribution is -0.131. The summed E-state index contributed by atoms with van der Waals surface area (Å²) in [5.41, 5.74) is 0.515. The highest BCUT2D eigenvalue weighted by Gasteiger charge is 2.35. The minimum Gasteiger partial charge on any atom is -0.435 e. The van der Waals surface area contributed by atoms with Crippen LogP contribution in [0.3, 0.4) is 0 Å². The maximum Gasteiger partial charge on any atom is 0.387 e. The van der Waals surface area contributed by atoms with Crippen molar-refractivity contribution in [3.63, 3.8) is 0 Å². The van der Waals surface area contributed by atoms with Crippen LogP contribution in [-0.2, 0) is 14.6 Å². The van der Waals surface area contributed by atoms with Crippen molar-refractivity contribution in [1.29, 1.82) is 0 Å². The zero-order chi connectivity index (χ0) is 21.9. The van der Waals surface area contributed by atoms with Gasteiger partial charge >= 0.3 is 6.61 Å². The molecule has 0 N–H and O–H groups in total. The maximum atomic E-state index is 12.8. The molecule has 1 aliphatic heterocycles. The fourth-order valence-electron chi connectivity index (χ4n) is 3.20. The van der Waals surface area contributed by atoms with Crippen molar-refractivity contribution < 1.29 is 31.1 Å². The Kier molecular flexibility index (Phi) is 6.96. The van der Waals surface area contributed by atoms with E-state index in [1.807, 2.05) is 6.92 Å². The number of thioether (sulfide) groups is 1. The molecule has 3 rings (SSSR count). The van der Waals surface area contributed by atoms with Crippen LogP contribution in [0.4, 0.5) is 8.78 Å². The van der Waals surface area contributed by atoms with Gasteiger partial charge in [-0.05, 0) is 44.5 Å². The van der Waals surface area contributed by atoms with E-state index in [9.17, 15) is 22.0 Å². The first-order valence-electron chi connectivity index (χ1n) is 9.25. The van der Waals surface area contributed by atoms with Gasteiger partial charge in [0.1, 0.15) is 5.75 Å². The fraction of sp³-hybridized carbons (Fsp3) is 0.500. The summed E-state index contributed by atoms with van der Waals surface area (Å²) in [6, 6.07) is 5.42. The standard InChI is InChI=1S/C18H21F2N3O5S2/c1-3-23(13-8-9-30(25,26)10-13)16(24)11(2)29-18-22-21-15(28-18)12-4-6-14(7-5-12)27-17(19)20/h4-7,11,13,17H,3,8-10H2,1-2H3. The summed E-state index contributed by atoms with van der Waals surface area (Å²) in [5.74, 6) is 0.0698. The molecule has 1 aliphatic rings. The molecule has 12 heteroatoms. The Bertz CT molecular complexity index is 982. The first-order chi connectivity index (χ1) is 14.2. The van der Waals surface area contributed by atoms with E-state index in [2.05, 4.69) is 14.9 Å². The molecule has 2 aromatic rings. The van der Waals surface area contributed by atoms with Crippen LogP contribution in [0.1, 0.15) is 20.3 Å². The van der Waals surface area contributed by atoms with Gasteiger partial charge in [-0.25, -0.2) is 8.42 Å². The highest BCUT2D eigenvalue weighted by atomic mass is 32.2. The summed E-state index contributed by atoms with van der Waals surface area (Å²) < 4.78 is 57.8. The third-order valence-electron chi connectivity index (χ3n) is 4.63. The summed E-state index contributed by atoms with van der Waals surface area (Å²) in [7, 11) is -3.10. The lowest BCUT2D eigenvalue weighted by Gasteiger charge is -2.28. The molecule has 1 aromatic heterocycles. The summed E-state index contributed by atoms with van der Waals surface area (Å²) in [6.07, 6.45) is 0.440. The van der Waals surface area contributed by atoms with Crippen molar-refractivity contribution in [2.45, 2.75) is 43.4 Å². The molecule has 0 saturated carbocycles. The van der Waals surface area contributed by atoms with E-state index in [4.69, 9.17) is 4.42 Å². The van der Waals surface area contributed by atoms with E-state index in [-0.39, 0.29) is 40.3 Å². The van der Waals surface area contributed by atoms with Gasteiger partial charge in [-0.3, -0.25) is 4.79 Å². The van der Waals surface area contributed by atoms with Crippen molar-refractivity contribution in [2.75, 3.05) is 18.1 Å². The van der Waals surface area contributed by atoms with E-state index in [0.29, 0.717) is 18.5 Å². The predicted octanol–water partition coefficient (Wildman–Crippen LogP) is 2.85. The van der Waals surface area contributed by atoms with E-state index in [1.54, 1.807) is 11.8 Å². The largest absolute Gasteiger partial charge is 0.435 e. The second-order valence-electron chi connectivity index (χ2n) is 6.72. The van der Waals surface area contributed by atoms with Gasteiger partial charge in [0.05, 0.1) is 16.8 Å². The fourth-order valence-corrected chi connectivity index (χ4v) is 5.69. The van der Waals surface area contributed by atoms with Gasteiger partial charge in [-0.15, -0.1) is 10.2 Å². The van der Waals surface area contributed by atoms with Gasteiger partial charge in [0.25, 0.3) is 5.22 Å². The van der Waals surface area contributed by atoms with Gasteiger partial charge < -0.3 is 14.1 Å². The number of rotatable bonds is 8. The van der Waals surface area contributed by atoms with Crippen LogP contribution in [0.25, 0.3) is 11.5 Å². The molecule has 30 heavy (non-hydrogen) atoms. The molecule has 1 saturated heterocycles. The monoisotopic (exact) mass is 461 g/mol. The van der Waals surface area contributed by atoms with Crippen molar-refractivity contribution in [1.82, 2.24) is 15.1 Å². The van der Waals surface area contributed by atoms with Crippen molar-refractivity contribution in [3.8, 4) is 17.2 Å². The number of nitrogens with zero attached hydrogens (tertiary/aromatic N) is 3. The molecule has 0 bridgehead atoms. The maximum absolute atomic E-state index is 12.8. The highest BCUT2D eigenvalue weighted by molar-refractivity contribution is 8.00. The molecular formula is C18H21F2N3O5S2. The van der Waals surface area contributed by atoms with Crippen molar-refractivity contribution >= 4 is 27.5 Å². The molecule has 0 radical (unpaired) electrons. The summed E-state index contributed by atoms with van der Waals surface area (Å²) in [5, 5.41) is 7.46. The third-order valence-corrected chi connectivity index (χ3v) is 7.30. The Hall–Kier alpha value is -2.21. The number of amides is 1. The molecule has 8 nitrogen and oxygen atoms in total.